The molecule has 3 nitrogen and oxygen atoms in total. The lowest BCUT2D eigenvalue weighted by molar-refractivity contribution is -0.147. The first-order valence-corrected chi connectivity index (χ1v) is 5.15. The van der Waals surface area contributed by atoms with Crippen LogP contribution in [0.25, 0.3) is 0 Å². The first-order valence-electron chi connectivity index (χ1n) is 4.77. The zero-order valence-corrected chi connectivity index (χ0v) is 9.59. The molecule has 1 atom stereocenters. The Morgan fingerprint density at radius 1 is 1.62 bits per heavy atom. The number of carbonyl (C=O) groups is 1. The lowest BCUT2D eigenvalue weighted by Crippen LogP contribution is -2.38. The second kappa shape index (κ2) is 4.80. The zero-order chi connectivity index (χ0) is 12.3. The molecule has 16 heavy (non-hydrogen) atoms. The van der Waals surface area contributed by atoms with Gasteiger partial charge >= 0.3 is 5.97 Å². The van der Waals surface area contributed by atoms with E-state index in [0.29, 0.717) is 0 Å². The molecule has 3 N–H and O–H groups in total. The van der Waals surface area contributed by atoms with Gasteiger partial charge in [0.1, 0.15) is 5.82 Å². The van der Waals surface area contributed by atoms with Crippen LogP contribution >= 0.6 is 11.6 Å². The van der Waals surface area contributed by atoms with E-state index >= 15 is 0 Å². The molecule has 0 aliphatic carbocycles. The van der Waals surface area contributed by atoms with E-state index in [4.69, 9.17) is 22.4 Å². The summed E-state index contributed by atoms with van der Waals surface area (Å²) in [6, 6.07) is 4.25. The minimum absolute atomic E-state index is 0.0235. The van der Waals surface area contributed by atoms with Gasteiger partial charge in [0.25, 0.3) is 0 Å². The molecule has 0 amide bonds. The Bertz CT molecular complexity index is 391. The van der Waals surface area contributed by atoms with Gasteiger partial charge in [0, 0.05) is 17.1 Å². The van der Waals surface area contributed by atoms with Gasteiger partial charge < -0.3 is 10.8 Å². The molecule has 1 aromatic carbocycles. The van der Waals surface area contributed by atoms with E-state index in [1.165, 1.54) is 25.1 Å². The molecule has 1 aromatic rings. The number of hydrogen-bond donors (Lipinski definition) is 2. The molecule has 0 bridgehead atoms. The molecule has 0 saturated heterocycles. The Balaban J connectivity index is 3.08. The van der Waals surface area contributed by atoms with Gasteiger partial charge in [0.2, 0.25) is 0 Å². The lowest BCUT2D eigenvalue weighted by Gasteiger charge is -2.23. The fourth-order valence-electron chi connectivity index (χ4n) is 1.33. The first kappa shape index (κ1) is 12.9. The van der Waals surface area contributed by atoms with Crippen molar-refractivity contribution >= 4 is 17.6 Å². The second-order valence-electron chi connectivity index (χ2n) is 3.95. The van der Waals surface area contributed by atoms with E-state index in [1.807, 2.05) is 0 Å². The third-order valence-corrected chi connectivity index (χ3v) is 2.95. The smallest absolute Gasteiger partial charge is 0.310 e. The van der Waals surface area contributed by atoms with E-state index in [1.54, 1.807) is 0 Å². The van der Waals surface area contributed by atoms with Crippen molar-refractivity contribution < 1.29 is 14.3 Å². The zero-order valence-electron chi connectivity index (χ0n) is 8.84. The van der Waals surface area contributed by atoms with Crippen LogP contribution in [0.2, 0.25) is 5.02 Å². The van der Waals surface area contributed by atoms with Crippen molar-refractivity contribution in [3.63, 3.8) is 0 Å². The van der Waals surface area contributed by atoms with E-state index < -0.39 is 17.2 Å². The molecular weight excluding hydrogens is 233 g/mol. The summed E-state index contributed by atoms with van der Waals surface area (Å²) in [5.41, 5.74) is 4.40. The molecule has 0 fully saturated rings. The standard InChI is InChI=1S/C11H13ClFNO2/c1-11(6-14,10(15)16)5-7-8(12)3-2-4-9(7)13/h2-4H,5-6,14H2,1H3,(H,15,16). The fourth-order valence-corrected chi connectivity index (χ4v) is 1.56. The molecule has 0 spiro atoms. The number of nitrogens with two attached hydrogens (primary N) is 1. The first-order chi connectivity index (χ1) is 7.40. The van der Waals surface area contributed by atoms with Crippen molar-refractivity contribution in [1.82, 2.24) is 0 Å². The molecule has 0 aliphatic heterocycles. The van der Waals surface area contributed by atoms with Gasteiger partial charge in [-0.25, -0.2) is 4.39 Å². The van der Waals surface area contributed by atoms with Crippen LogP contribution in [0.4, 0.5) is 4.39 Å². The summed E-state index contributed by atoms with van der Waals surface area (Å²) in [6.45, 7) is 1.39. The van der Waals surface area contributed by atoms with Gasteiger partial charge in [0.05, 0.1) is 5.41 Å². The van der Waals surface area contributed by atoms with Crippen LogP contribution < -0.4 is 5.73 Å². The van der Waals surface area contributed by atoms with Crippen molar-refractivity contribution in [1.29, 1.82) is 0 Å². The van der Waals surface area contributed by atoms with Crippen LogP contribution in [-0.4, -0.2) is 17.6 Å². The van der Waals surface area contributed by atoms with Crippen molar-refractivity contribution in [2.24, 2.45) is 11.1 Å². The van der Waals surface area contributed by atoms with Crippen LogP contribution in [0.1, 0.15) is 12.5 Å². The minimum atomic E-state index is -1.20. The van der Waals surface area contributed by atoms with E-state index in [-0.39, 0.29) is 23.6 Å². The summed E-state index contributed by atoms with van der Waals surface area (Å²) in [5.74, 6) is -1.57. The highest BCUT2D eigenvalue weighted by Crippen LogP contribution is 2.28. The average molecular weight is 246 g/mol. The maximum absolute atomic E-state index is 13.5. The Hall–Kier alpha value is -1.13. The lowest BCUT2D eigenvalue weighted by atomic mass is 9.83. The number of hydrogen-bond acceptors (Lipinski definition) is 2. The summed E-state index contributed by atoms with van der Waals surface area (Å²) in [5, 5.41) is 9.25. The maximum atomic E-state index is 13.5. The highest BCUT2D eigenvalue weighted by atomic mass is 35.5. The molecule has 0 saturated carbocycles. The van der Waals surface area contributed by atoms with Gasteiger partial charge in [-0.3, -0.25) is 4.79 Å². The number of aliphatic carboxylic acids is 1. The van der Waals surface area contributed by atoms with Gasteiger partial charge in [-0.2, -0.15) is 0 Å². The maximum Gasteiger partial charge on any atom is 0.310 e. The largest absolute Gasteiger partial charge is 0.481 e. The monoisotopic (exact) mass is 245 g/mol. The van der Waals surface area contributed by atoms with E-state index in [0.717, 1.165) is 0 Å². The second-order valence-corrected chi connectivity index (χ2v) is 4.35. The molecule has 5 heteroatoms. The van der Waals surface area contributed by atoms with Crippen LogP contribution in [-0.2, 0) is 11.2 Å². The van der Waals surface area contributed by atoms with Crippen molar-refractivity contribution in [2.45, 2.75) is 13.3 Å². The Kier molecular flexibility index (Phi) is 3.88. The molecule has 0 aliphatic rings. The number of rotatable bonds is 4. The van der Waals surface area contributed by atoms with E-state index in [2.05, 4.69) is 0 Å². The quantitative estimate of drug-likeness (QED) is 0.854. The number of halogens is 2. The fraction of sp³-hybridized carbons (Fsp3) is 0.364. The highest BCUT2D eigenvalue weighted by molar-refractivity contribution is 6.31. The van der Waals surface area contributed by atoms with Crippen molar-refractivity contribution in [3.05, 3.63) is 34.6 Å². The molecule has 88 valence electrons. The topological polar surface area (TPSA) is 63.3 Å². The normalized spacial score (nSPS) is 14.5. The molecule has 1 rings (SSSR count). The molecule has 1 unspecified atom stereocenters. The number of carboxylic acids is 1. The SMILES string of the molecule is CC(CN)(Cc1c(F)cccc1Cl)C(=O)O. The highest BCUT2D eigenvalue weighted by Gasteiger charge is 2.33. The number of benzene rings is 1. The summed E-state index contributed by atoms with van der Waals surface area (Å²) in [4.78, 5) is 11.0. The Morgan fingerprint density at radius 2 is 2.25 bits per heavy atom. The van der Waals surface area contributed by atoms with Crippen molar-refractivity contribution in [2.75, 3.05) is 6.54 Å². The van der Waals surface area contributed by atoms with Gasteiger partial charge in [-0.15, -0.1) is 0 Å². The Morgan fingerprint density at radius 3 is 2.69 bits per heavy atom. The predicted octanol–water partition coefficient (Wildman–Crippen LogP) is 2.07. The minimum Gasteiger partial charge on any atom is -0.481 e. The van der Waals surface area contributed by atoms with Crippen molar-refractivity contribution in [3.8, 4) is 0 Å². The third-order valence-electron chi connectivity index (χ3n) is 2.60. The van der Waals surface area contributed by atoms with Gasteiger partial charge in [-0.1, -0.05) is 17.7 Å². The molecular formula is C11H13ClFNO2. The predicted molar refractivity (Wildman–Crippen MR) is 59.9 cm³/mol. The van der Waals surface area contributed by atoms with Crippen LogP contribution in [0.5, 0.6) is 0 Å². The van der Waals surface area contributed by atoms with Crippen LogP contribution in [0.15, 0.2) is 18.2 Å². The molecule has 0 heterocycles. The summed E-state index contributed by atoms with van der Waals surface area (Å²) < 4.78 is 13.5. The van der Waals surface area contributed by atoms with Gasteiger partial charge in [0.15, 0.2) is 0 Å². The Labute approximate surface area is 98.0 Å². The van der Waals surface area contributed by atoms with Crippen LogP contribution in [0, 0.1) is 11.2 Å². The summed E-state index contributed by atoms with van der Waals surface area (Å²) >= 11 is 5.82. The number of carboxylic acid groups (broad SMARTS) is 1. The van der Waals surface area contributed by atoms with Crippen LogP contribution in [0.3, 0.4) is 0 Å². The third kappa shape index (κ3) is 2.51. The molecule has 0 radical (unpaired) electrons. The van der Waals surface area contributed by atoms with Gasteiger partial charge in [-0.05, 0) is 25.5 Å². The van der Waals surface area contributed by atoms with E-state index in [9.17, 15) is 9.18 Å². The molecule has 0 aromatic heterocycles. The summed E-state index contributed by atoms with van der Waals surface area (Å²) in [7, 11) is 0. The summed E-state index contributed by atoms with van der Waals surface area (Å²) in [6.07, 6.45) is -0.0235. The average Bonchev–Trinajstić information content (AvgIpc) is 2.23.